The van der Waals surface area contributed by atoms with Crippen LogP contribution in [-0.4, -0.2) is 19.6 Å². The first kappa shape index (κ1) is 19.0. The minimum Gasteiger partial charge on any atom is -0.496 e. The van der Waals surface area contributed by atoms with Gasteiger partial charge in [-0.15, -0.1) is 0 Å². The third kappa shape index (κ3) is 3.56. The van der Waals surface area contributed by atoms with Crippen LogP contribution in [0.4, 0.5) is 0 Å². The molecule has 1 amide bonds. The van der Waals surface area contributed by atoms with Crippen molar-refractivity contribution in [1.82, 2.24) is 5.32 Å². The molecule has 0 atom stereocenters. The SMILES string of the molecule is CCCCNC(=O)c1ccc2ccccc2c1-c1c(OC)ccc2ccccc12. The Morgan fingerprint density at radius 1 is 0.828 bits per heavy atom. The average molecular weight is 383 g/mol. The van der Waals surface area contributed by atoms with Crippen molar-refractivity contribution in [1.29, 1.82) is 0 Å². The summed E-state index contributed by atoms with van der Waals surface area (Å²) in [5, 5.41) is 7.42. The standard InChI is InChI=1S/C26H25NO2/c1-3-4-17-27-26(28)22-15-13-18-9-5-7-11-20(18)24(22)25-21-12-8-6-10-19(21)14-16-23(25)29-2/h5-16H,3-4,17H2,1-2H3,(H,27,28). The van der Waals surface area contributed by atoms with Crippen LogP contribution in [0, 0.1) is 0 Å². The molecule has 0 radical (unpaired) electrons. The third-order valence-electron chi connectivity index (χ3n) is 5.35. The molecule has 4 rings (SSSR count). The highest BCUT2D eigenvalue weighted by molar-refractivity contribution is 6.15. The van der Waals surface area contributed by atoms with Crippen molar-refractivity contribution >= 4 is 27.5 Å². The van der Waals surface area contributed by atoms with Crippen molar-refractivity contribution in [3.63, 3.8) is 0 Å². The number of hydrogen-bond donors (Lipinski definition) is 1. The molecule has 3 heteroatoms. The summed E-state index contributed by atoms with van der Waals surface area (Å²) in [5.41, 5.74) is 2.56. The van der Waals surface area contributed by atoms with Gasteiger partial charge in [0.2, 0.25) is 0 Å². The van der Waals surface area contributed by atoms with Crippen LogP contribution in [0.15, 0.2) is 72.8 Å². The summed E-state index contributed by atoms with van der Waals surface area (Å²) in [4.78, 5) is 13.1. The second-order valence-electron chi connectivity index (χ2n) is 7.18. The summed E-state index contributed by atoms with van der Waals surface area (Å²) in [5.74, 6) is 0.719. The minimum atomic E-state index is -0.0470. The van der Waals surface area contributed by atoms with Gasteiger partial charge in [0.05, 0.1) is 7.11 Å². The molecule has 146 valence electrons. The van der Waals surface area contributed by atoms with E-state index in [1.54, 1.807) is 7.11 Å². The van der Waals surface area contributed by atoms with Crippen molar-refractivity contribution < 1.29 is 9.53 Å². The number of rotatable bonds is 6. The van der Waals surface area contributed by atoms with Crippen molar-refractivity contribution in [2.24, 2.45) is 0 Å². The molecule has 0 heterocycles. The molecule has 0 aliphatic heterocycles. The lowest BCUT2D eigenvalue weighted by molar-refractivity contribution is 0.0954. The molecule has 0 aromatic heterocycles. The maximum Gasteiger partial charge on any atom is 0.251 e. The van der Waals surface area contributed by atoms with E-state index in [9.17, 15) is 4.79 Å². The topological polar surface area (TPSA) is 38.3 Å². The second-order valence-corrected chi connectivity index (χ2v) is 7.18. The highest BCUT2D eigenvalue weighted by Crippen LogP contribution is 2.42. The number of nitrogens with one attached hydrogen (secondary N) is 1. The van der Waals surface area contributed by atoms with Gasteiger partial charge in [0.15, 0.2) is 0 Å². The van der Waals surface area contributed by atoms with E-state index in [-0.39, 0.29) is 5.91 Å². The molecule has 1 N–H and O–H groups in total. The Kier molecular flexibility index (Phi) is 5.48. The number of amides is 1. The van der Waals surface area contributed by atoms with Gasteiger partial charge >= 0.3 is 0 Å². The van der Waals surface area contributed by atoms with E-state index in [4.69, 9.17) is 4.74 Å². The van der Waals surface area contributed by atoms with E-state index < -0.39 is 0 Å². The van der Waals surface area contributed by atoms with Crippen LogP contribution in [0.25, 0.3) is 32.7 Å². The fraction of sp³-hybridized carbons (Fsp3) is 0.192. The molecule has 4 aromatic carbocycles. The highest BCUT2D eigenvalue weighted by Gasteiger charge is 2.20. The quantitative estimate of drug-likeness (QED) is 0.403. The van der Waals surface area contributed by atoms with E-state index in [0.717, 1.165) is 51.3 Å². The van der Waals surface area contributed by atoms with Crippen LogP contribution in [0.2, 0.25) is 0 Å². The molecule has 0 bridgehead atoms. The molecular weight excluding hydrogens is 358 g/mol. The fourth-order valence-electron chi connectivity index (χ4n) is 3.88. The molecule has 0 saturated heterocycles. The molecule has 0 unspecified atom stereocenters. The van der Waals surface area contributed by atoms with Crippen molar-refractivity contribution in [2.45, 2.75) is 19.8 Å². The number of fused-ring (bicyclic) bond motifs is 2. The van der Waals surface area contributed by atoms with Crippen LogP contribution in [0.3, 0.4) is 0 Å². The molecular formula is C26H25NO2. The number of carbonyl (C=O) groups excluding carboxylic acids is 1. The zero-order chi connectivity index (χ0) is 20.2. The van der Waals surface area contributed by atoms with Crippen LogP contribution < -0.4 is 10.1 Å². The van der Waals surface area contributed by atoms with Crippen molar-refractivity contribution in [2.75, 3.05) is 13.7 Å². The molecule has 0 aliphatic carbocycles. The van der Waals surface area contributed by atoms with E-state index in [1.165, 1.54) is 0 Å². The third-order valence-corrected chi connectivity index (χ3v) is 5.35. The van der Waals surface area contributed by atoms with Gasteiger partial charge in [0.25, 0.3) is 5.91 Å². The summed E-state index contributed by atoms with van der Waals surface area (Å²) in [7, 11) is 1.68. The van der Waals surface area contributed by atoms with Crippen LogP contribution in [0.5, 0.6) is 5.75 Å². The number of hydrogen-bond acceptors (Lipinski definition) is 2. The van der Waals surface area contributed by atoms with Gasteiger partial charge in [-0.1, -0.05) is 74.0 Å². The van der Waals surface area contributed by atoms with Crippen LogP contribution in [0.1, 0.15) is 30.1 Å². The van der Waals surface area contributed by atoms with E-state index >= 15 is 0 Å². The van der Waals surface area contributed by atoms with Gasteiger partial charge in [-0.2, -0.15) is 0 Å². The lowest BCUT2D eigenvalue weighted by Gasteiger charge is -2.18. The predicted octanol–water partition coefficient (Wildman–Crippen LogP) is 6.20. The lowest BCUT2D eigenvalue weighted by atomic mass is 9.89. The Bertz CT molecular complexity index is 1180. The van der Waals surface area contributed by atoms with Crippen LogP contribution >= 0.6 is 0 Å². The zero-order valence-corrected chi connectivity index (χ0v) is 16.9. The number of benzene rings is 4. The summed E-state index contributed by atoms with van der Waals surface area (Å²) in [6.07, 6.45) is 2.01. The van der Waals surface area contributed by atoms with Gasteiger partial charge in [-0.3, -0.25) is 4.79 Å². The number of carbonyl (C=O) groups is 1. The first-order chi connectivity index (χ1) is 14.2. The monoisotopic (exact) mass is 383 g/mol. The summed E-state index contributed by atoms with van der Waals surface area (Å²) < 4.78 is 5.76. The molecule has 3 nitrogen and oxygen atoms in total. The number of methoxy groups -OCH3 is 1. The fourth-order valence-corrected chi connectivity index (χ4v) is 3.88. The van der Waals surface area contributed by atoms with Gasteiger partial charge < -0.3 is 10.1 Å². The molecule has 0 fully saturated rings. The molecule has 29 heavy (non-hydrogen) atoms. The Hall–Kier alpha value is -3.33. The normalized spacial score (nSPS) is 11.0. The number of ether oxygens (including phenoxy) is 1. The van der Waals surface area contributed by atoms with E-state index in [1.807, 2.05) is 42.5 Å². The minimum absolute atomic E-state index is 0.0470. The van der Waals surface area contributed by atoms with Gasteiger partial charge in [0.1, 0.15) is 5.75 Å². The lowest BCUT2D eigenvalue weighted by Crippen LogP contribution is -2.25. The highest BCUT2D eigenvalue weighted by atomic mass is 16.5. The van der Waals surface area contributed by atoms with Gasteiger partial charge in [0, 0.05) is 23.2 Å². The first-order valence-electron chi connectivity index (χ1n) is 10.1. The predicted molar refractivity (Wildman–Crippen MR) is 121 cm³/mol. The Labute approximate surface area is 171 Å². The maximum absolute atomic E-state index is 13.1. The maximum atomic E-state index is 13.1. The number of unbranched alkanes of at least 4 members (excludes halogenated alkanes) is 1. The second kappa shape index (κ2) is 8.36. The van der Waals surface area contributed by atoms with E-state index in [2.05, 4.69) is 42.6 Å². The Morgan fingerprint density at radius 2 is 1.45 bits per heavy atom. The van der Waals surface area contributed by atoms with Crippen LogP contribution in [-0.2, 0) is 0 Å². The summed E-state index contributed by atoms with van der Waals surface area (Å²) in [6.45, 7) is 2.79. The summed E-state index contributed by atoms with van der Waals surface area (Å²) in [6, 6.07) is 24.4. The summed E-state index contributed by atoms with van der Waals surface area (Å²) >= 11 is 0. The Balaban J connectivity index is 2.03. The van der Waals surface area contributed by atoms with Crippen molar-refractivity contribution in [3.8, 4) is 16.9 Å². The molecule has 0 aliphatic rings. The molecule has 4 aromatic rings. The average Bonchev–Trinajstić information content (AvgIpc) is 2.77. The Morgan fingerprint density at radius 3 is 2.10 bits per heavy atom. The van der Waals surface area contributed by atoms with Gasteiger partial charge in [-0.25, -0.2) is 0 Å². The van der Waals surface area contributed by atoms with Gasteiger partial charge in [-0.05, 0) is 40.1 Å². The van der Waals surface area contributed by atoms with E-state index in [0.29, 0.717) is 12.1 Å². The largest absolute Gasteiger partial charge is 0.496 e. The molecule has 0 spiro atoms. The zero-order valence-electron chi connectivity index (χ0n) is 16.9. The van der Waals surface area contributed by atoms with Crippen molar-refractivity contribution in [3.05, 3.63) is 78.4 Å². The smallest absolute Gasteiger partial charge is 0.251 e. The molecule has 0 saturated carbocycles. The first-order valence-corrected chi connectivity index (χ1v) is 10.1.